The molecule has 3 rings (SSSR count). The van der Waals surface area contributed by atoms with Crippen molar-refractivity contribution in [2.24, 2.45) is 0 Å². The van der Waals surface area contributed by atoms with Crippen LogP contribution in [-0.4, -0.2) is 8.42 Å². The third-order valence-electron chi connectivity index (χ3n) is 3.16. The number of hydrogen-bond acceptors (Lipinski definition) is 2. The van der Waals surface area contributed by atoms with Crippen LogP contribution < -0.4 is 4.72 Å². The smallest absolute Gasteiger partial charge is 0.262 e. The lowest BCUT2D eigenvalue weighted by atomic mass is 10.1. The van der Waals surface area contributed by atoms with Gasteiger partial charge in [-0.3, -0.25) is 4.72 Å². The Labute approximate surface area is 118 Å². The Morgan fingerprint density at radius 1 is 1.00 bits per heavy atom. The van der Waals surface area contributed by atoms with Gasteiger partial charge in [-0.05, 0) is 30.4 Å². The molecule has 0 fully saturated rings. The van der Waals surface area contributed by atoms with Crippen LogP contribution >= 0.6 is 0 Å². The Balaban J connectivity index is 2.05. The van der Waals surface area contributed by atoms with Crippen molar-refractivity contribution in [1.82, 2.24) is 4.72 Å². The molecule has 0 spiro atoms. The van der Waals surface area contributed by atoms with Crippen molar-refractivity contribution in [3.8, 4) is 0 Å². The molecular formula is C16H14NO2S. The monoisotopic (exact) mass is 284 g/mol. The SMILES string of the molecule is O=S(=O)(NC1=C[CH]CC=C1)c1cccc2ccccc12. The summed E-state index contributed by atoms with van der Waals surface area (Å²) in [6.07, 6.45) is 8.23. The molecule has 101 valence electrons. The maximum Gasteiger partial charge on any atom is 0.262 e. The molecule has 0 saturated heterocycles. The fourth-order valence-corrected chi connectivity index (χ4v) is 3.52. The molecule has 0 amide bonds. The third-order valence-corrected chi connectivity index (χ3v) is 4.60. The average molecular weight is 284 g/mol. The molecule has 1 radical (unpaired) electrons. The lowest BCUT2D eigenvalue weighted by Crippen LogP contribution is -2.23. The molecule has 0 unspecified atom stereocenters. The molecule has 2 aromatic carbocycles. The molecule has 0 aliphatic heterocycles. The normalized spacial score (nSPS) is 15.1. The lowest BCUT2D eigenvalue weighted by Gasteiger charge is -2.12. The van der Waals surface area contributed by atoms with Gasteiger partial charge in [-0.1, -0.05) is 48.6 Å². The number of fused-ring (bicyclic) bond motifs is 1. The van der Waals surface area contributed by atoms with Gasteiger partial charge in [0, 0.05) is 11.1 Å². The molecule has 20 heavy (non-hydrogen) atoms. The molecule has 0 heterocycles. The van der Waals surface area contributed by atoms with Crippen LogP contribution in [0.15, 0.2) is 71.3 Å². The third kappa shape index (κ3) is 2.47. The van der Waals surface area contributed by atoms with E-state index in [1.165, 1.54) is 0 Å². The van der Waals surface area contributed by atoms with Crippen LogP contribution in [0.25, 0.3) is 10.8 Å². The van der Waals surface area contributed by atoms with Crippen molar-refractivity contribution >= 4 is 20.8 Å². The minimum atomic E-state index is -3.58. The highest BCUT2D eigenvalue weighted by Gasteiger charge is 2.17. The van der Waals surface area contributed by atoms with Crippen LogP contribution in [0, 0.1) is 6.42 Å². The molecule has 4 heteroatoms. The van der Waals surface area contributed by atoms with Gasteiger partial charge < -0.3 is 0 Å². The summed E-state index contributed by atoms with van der Waals surface area (Å²) < 4.78 is 27.6. The molecule has 0 bridgehead atoms. The Hall–Kier alpha value is -2.07. The van der Waals surface area contributed by atoms with Crippen molar-refractivity contribution < 1.29 is 8.42 Å². The number of sulfonamides is 1. The first-order valence-corrected chi connectivity index (χ1v) is 7.86. The fourth-order valence-electron chi connectivity index (χ4n) is 2.23. The van der Waals surface area contributed by atoms with Crippen LogP contribution in [0.3, 0.4) is 0 Å². The predicted octanol–water partition coefficient (Wildman–Crippen LogP) is 3.17. The molecule has 2 aromatic rings. The predicted molar refractivity (Wildman–Crippen MR) is 80.4 cm³/mol. The summed E-state index contributed by atoms with van der Waals surface area (Å²) in [4.78, 5) is 0.301. The van der Waals surface area contributed by atoms with E-state index in [9.17, 15) is 8.42 Å². The first-order chi connectivity index (χ1) is 9.67. The van der Waals surface area contributed by atoms with Crippen LogP contribution in [0.1, 0.15) is 6.42 Å². The highest BCUT2D eigenvalue weighted by Crippen LogP contribution is 2.23. The summed E-state index contributed by atoms with van der Waals surface area (Å²) >= 11 is 0. The van der Waals surface area contributed by atoms with Crippen molar-refractivity contribution in [1.29, 1.82) is 0 Å². The van der Waals surface area contributed by atoms with E-state index < -0.39 is 10.0 Å². The van der Waals surface area contributed by atoms with Gasteiger partial charge in [-0.15, -0.1) is 0 Å². The lowest BCUT2D eigenvalue weighted by molar-refractivity contribution is 0.590. The maximum absolute atomic E-state index is 12.5. The Morgan fingerprint density at radius 3 is 2.60 bits per heavy atom. The van der Waals surface area contributed by atoms with Crippen LogP contribution in [0.4, 0.5) is 0 Å². The summed E-state index contributed by atoms with van der Waals surface area (Å²) in [5, 5.41) is 1.64. The molecule has 1 aliphatic rings. The zero-order chi connectivity index (χ0) is 14.0. The van der Waals surface area contributed by atoms with Crippen molar-refractivity contribution in [2.75, 3.05) is 0 Å². The molecular weight excluding hydrogens is 270 g/mol. The first-order valence-electron chi connectivity index (χ1n) is 6.37. The van der Waals surface area contributed by atoms with Gasteiger partial charge in [0.05, 0.1) is 4.90 Å². The van der Waals surface area contributed by atoms with Gasteiger partial charge in [-0.2, -0.15) is 0 Å². The molecule has 1 aliphatic carbocycles. The second kappa shape index (κ2) is 5.13. The minimum absolute atomic E-state index is 0.301. The van der Waals surface area contributed by atoms with Gasteiger partial charge in [0.1, 0.15) is 0 Å². The summed E-state index contributed by atoms with van der Waals surface area (Å²) in [6.45, 7) is 0. The molecule has 3 nitrogen and oxygen atoms in total. The van der Waals surface area contributed by atoms with E-state index in [2.05, 4.69) is 4.72 Å². The molecule has 0 atom stereocenters. The van der Waals surface area contributed by atoms with Crippen molar-refractivity contribution in [3.05, 3.63) is 72.8 Å². The zero-order valence-corrected chi connectivity index (χ0v) is 11.6. The van der Waals surface area contributed by atoms with Gasteiger partial charge in [0.15, 0.2) is 0 Å². The van der Waals surface area contributed by atoms with Gasteiger partial charge in [0.2, 0.25) is 0 Å². The summed E-state index contributed by atoms with van der Waals surface area (Å²) in [5.74, 6) is 0. The van der Waals surface area contributed by atoms with Crippen LogP contribution in [-0.2, 0) is 10.0 Å². The van der Waals surface area contributed by atoms with Gasteiger partial charge in [-0.25, -0.2) is 8.42 Å². The number of benzene rings is 2. The summed E-state index contributed by atoms with van der Waals surface area (Å²) in [7, 11) is -3.58. The minimum Gasteiger partial charge on any atom is -0.280 e. The first kappa shape index (κ1) is 12.9. The largest absolute Gasteiger partial charge is 0.280 e. The van der Waals surface area contributed by atoms with E-state index in [1.807, 2.05) is 42.8 Å². The van der Waals surface area contributed by atoms with Crippen LogP contribution in [0.5, 0.6) is 0 Å². The Morgan fingerprint density at radius 2 is 1.80 bits per heavy atom. The van der Waals surface area contributed by atoms with E-state index in [0.29, 0.717) is 10.6 Å². The van der Waals surface area contributed by atoms with E-state index >= 15 is 0 Å². The Bertz CT molecular complexity index is 799. The van der Waals surface area contributed by atoms with Gasteiger partial charge in [0.25, 0.3) is 10.0 Å². The van der Waals surface area contributed by atoms with E-state index in [0.717, 1.165) is 17.2 Å². The quantitative estimate of drug-likeness (QED) is 0.941. The number of rotatable bonds is 3. The fraction of sp³-hybridized carbons (Fsp3) is 0.0625. The van der Waals surface area contributed by atoms with E-state index in [1.54, 1.807) is 24.3 Å². The van der Waals surface area contributed by atoms with E-state index in [4.69, 9.17) is 0 Å². The van der Waals surface area contributed by atoms with E-state index in [-0.39, 0.29) is 0 Å². The molecule has 0 saturated carbocycles. The second-order valence-electron chi connectivity index (χ2n) is 4.58. The number of nitrogens with one attached hydrogen (secondary N) is 1. The average Bonchev–Trinajstić information content (AvgIpc) is 2.47. The highest BCUT2D eigenvalue weighted by molar-refractivity contribution is 7.89. The summed E-state index contributed by atoms with van der Waals surface area (Å²) in [6, 6.07) is 12.8. The second-order valence-corrected chi connectivity index (χ2v) is 6.23. The van der Waals surface area contributed by atoms with Crippen molar-refractivity contribution in [3.63, 3.8) is 0 Å². The number of hydrogen-bond donors (Lipinski definition) is 1. The van der Waals surface area contributed by atoms with Crippen molar-refractivity contribution in [2.45, 2.75) is 11.3 Å². The zero-order valence-electron chi connectivity index (χ0n) is 10.8. The Kier molecular flexibility index (Phi) is 3.32. The number of allylic oxidation sites excluding steroid dienone is 3. The van der Waals surface area contributed by atoms with Crippen LogP contribution in [0.2, 0.25) is 0 Å². The standard InChI is InChI=1S/C16H14NO2S/c18-20(19,17-14-9-2-1-3-10-14)16-12-6-8-13-7-4-5-11-15(13)16/h2-12,17H,1H2. The molecule has 1 N–H and O–H groups in total. The maximum atomic E-state index is 12.5. The van der Waals surface area contributed by atoms with Gasteiger partial charge >= 0.3 is 0 Å². The molecule has 0 aromatic heterocycles. The summed E-state index contributed by atoms with van der Waals surface area (Å²) in [5.41, 5.74) is 0.587. The topological polar surface area (TPSA) is 46.2 Å². The highest BCUT2D eigenvalue weighted by atomic mass is 32.2.